The number of fused-ring (bicyclic) bond motifs is 1. The lowest BCUT2D eigenvalue weighted by Gasteiger charge is -2.26. The van der Waals surface area contributed by atoms with Crippen molar-refractivity contribution < 1.29 is 14.4 Å². The maximum absolute atomic E-state index is 13.6. The molecule has 1 aromatic carbocycles. The molecule has 11 nitrogen and oxygen atoms in total. The predicted molar refractivity (Wildman–Crippen MR) is 142 cm³/mol. The smallest absolute Gasteiger partial charge is 0.247 e. The Morgan fingerprint density at radius 2 is 1.92 bits per heavy atom. The first kappa shape index (κ1) is 26.7. The van der Waals surface area contributed by atoms with Gasteiger partial charge in [0.2, 0.25) is 17.7 Å². The zero-order valence-electron chi connectivity index (χ0n) is 21.7. The summed E-state index contributed by atoms with van der Waals surface area (Å²) in [4.78, 5) is 51.7. The van der Waals surface area contributed by atoms with Crippen LogP contribution < -0.4 is 5.32 Å². The molecule has 2 atom stereocenters. The van der Waals surface area contributed by atoms with Gasteiger partial charge < -0.3 is 25.0 Å². The molecule has 2 fully saturated rings. The Hall–Kier alpha value is -4.38. The van der Waals surface area contributed by atoms with Crippen LogP contribution in [0.15, 0.2) is 29.4 Å². The molecule has 3 amide bonds. The number of H-pyrrole nitrogens is 1. The number of anilines is 1. The summed E-state index contributed by atoms with van der Waals surface area (Å²) in [6.07, 6.45) is 5.44. The van der Waals surface area contributed by atoms with E-state index in [0.717, 1.165) is 25.7 Å². The fourth-order valence-electron chi connectivity index (χ4n) is 4.92. The lowest BCUT2D eigenvalue weighted by atomic mass is 10.1. The Labute approximate surface area is 221 Å². The predicted octanol–water partition coefficient (Wildman–Crippen LogP) is 2.08. The van der Waals surface area contributed by atoms with Gasteiger partial charge in [-0.1, -0.05) is 12.1 Å². The van der Waals surface area contributed by atoms with E-state index >= 15 is 0 Å². The zero-order valence-corrected chi connectivity index (χ0v) is 21.7. The van der Waals surface area contributed by atoms with Gasteiger partial charge in [0, 0.05) is 45.3 Å². The zero-order chi connectivity index (χ0) is 27.2. The summed E-state index contributed by atoms with van der Waals surface area (Å²) in [5.41, 5.74) is 1.60. The average molecular weight is 517 g/mol. The number of nitrogens with zero attached hydrogens (tertiary/aromatic N) is 6. The van der Waals surface area contributed by atoms with E-state index in [9.17, 15) is 24.9 Å². The second-order valence-electron chi connectivity index (χ2n) is 9.84. The monoisotopic (exact) mass is 516 g/mol. The van der Waals surface area contributed by atoms with Crippen molar-refractivity contribution in [3.05, 3.63) is 30.0 Å². The van der Waals surface area contributed by atoms with Gasteiger partial charge in [-0.05, 0) is 38.2 Å². The lowest BCUT2D eigenvalue weighted by molar-refractivity contribution is -0.140. The molecule has 0 radical (unpaired) electrons. The fourth-order valence-corrected chi connectivity index (χ4v) is 4.92. The fraction of sp³-hybridized carbons (Fsp3) is 0.481. The van der Waals surface area contributed by atoms with Gasteiger partial charge >= 0.3 is 0 Å². The largest absolute Gasteiger partial charge is 0.358 e. The van der Waals surface area contributed by atoms with Crippen LogP contribution in [0.1, 0.15) is 37.7 Å². The molecule has 0 saturated carbocycles. The molecule has 0 spiro atoms. The van der Waals surface area contributed by atoms with E-state index in [1.54, 1.807) is 48.3 Å². The van der Waals surface area contributed by atoms with Crippen molar-refractivity contribution in [1.82, 2.24) is 19.7 Å². The van der Waals surface area contributed by atoms with Gasteiger partial charge in [-0.3, -0.25) is 19.4 Å². The highest BCUT2D eigenvalue weighted by Gasteiger charge is 2.33. The number of carbonyl (C=O) groups excluding carboxylic acids is 3. The number of amidine groups is 1. The third-order valence-electron chi connectivity index (χ3n) is 7.02. The maximum Gasteiger partial charge on any atom is 0.247 e. The van der Waals surface area contributed by atoms with Crippen LogP contribution in [0.25, 0.3) is 10.9 Å². The molecular weight excluding hydrogens is 484 g/mol. The first-order chi connectivity index (χ1) is 18.3. The van der Waals surface area contributed by atoms with E-state index < -0.39 is 17.9 Å². The van der Waals surface area contributed by atoms with Gasteiger partial charge in [0.1, 0.15) is 17.9 Å². The topological polar surface area (TPSA) is 149 Å². The number of benzene rings is 1. The number of nitrogens with one attached hydrogen (secondary N) is 2. The summed E-state index contributed by atoms with van der Waals surface area (Å²) in [6, 6.07) is 8.63. The third-order valence-corrected chi connectivity index (χ3v) is 7.02. The number of likely N-dealkylation sites (tertiary alicyclic amines) is 2. The minimum Gasteiger partial charge on any atom is -0.358 e. The molecule has 2 N–H and O–H groups in total. The van der Waals surface area contributed by atoms with E-state index in [1.807, 2.05) is 6.07 Å². The van der Waals surface area contributed by atoms with Crippen molar-refractivity contribution in [3.8, 4) is 12.1 Å². The van der Waals surface area contributed by atoms with Gasteiger partial charge in [0.05, 0.1) is 29.4 Å². The van der Waals surface area contributed by atoms with Gasteiger partial charge in [-0.15, -0.1) is 0 Å². The van der Waals surface area contributed by atoms with Crippen LogP contribution in [0.4, 0.5) is 5.69 Å². The van der Waals surface area contributed by atoms with Crippen LogP contribution in [-0.4, -0.2) is 89.6 Å². The Morgan fingerprint density at radius 3 is 2.61 bits per heavy atom. The van der Waals surface area contributed by atoms with Crippen molar-refractivity contribution in [2.45, 2.75) is 38.1 Å². The standard InChI is InChI=1S/C27H32N8O3/c1-33(2)26(37)20(15-29)25(31-21-10-7-8-19-18(14-28)16-30-24(19)21)32-22-9-3-4-13-35(27(22)38)17-23(36)34-11-5-6-12-34/h7-8,10,16,20,22,30H,3-6,9,11-13,17H2,1-2H3,(H,31,32)/t20?,22-/m0/s1. The SMILES string of the molecule is CN(C)C(=O)C(C#N)C(=N[C@H]1CCCCN(CC(=O)N2CCCC2)C1=O)Nc1cccc2c(C#N)c[nH]c12. The van der Waals surface area contributed by atoms with Gasteiger partial charge in [0.25, 0.3) is 0 Å². The molecule has 4 rings (SSSR count). The minimum atomic E-state index is -1.28. The van der Waals surface area contributed by atoms with E-state index in [0.29, 0.717) is 48.2 Å². The van der Waals surface area contributed by atoms with Gasteiger partial charge in [-0.25, -0.2) is 0 Å². The lowest BCUT2D eigenvalue weighted by Crippen LogP contribution is -2.45. The van der Waals surface area contributed by atoms with Crippen LogP contribution in [0.3, 0.4) is 0 Å². The molecule has 2 aliphatic rings. The molecule has 198 valence electrons. The van der Waals surface area contributed by atoms with E-state index in [-0.39, 0.29) is 24.2 Å². The van der Waals surface area contributed by atoms with E-state index in [1.165, 1.54) is 4.90 Å². The number of hydrogen-bond donors (Lipinski definition) is 2. The summed E-state index contributed by atoms with van der Waals surface area (Å²) in [5, 5.41) is 23.2. The molecule has 1 unspecified atom stereocenters. The second kappa shape index (κ2) is 11.8. The maximum atomic E-state index is 13.6. The van der Waals surface area contributed by atoms with Crippen LogP contribution in [0, 0.1) is 28.6 Å². The highest BCUT2D eigenvalue weighted by Crippen LogP contribution is 2.26. The first-order valence-electron chi connectivity index (χ1n) is 12.9. The van der Waals surface area contributed by atoms with Gasteiger partial charge in [-0.2, -0.15) is 10.5 Å². The molecule has 2 aromatic rings. The van der Waals surface area contributed by atoms with Crippen molar-refractivity contribution in [2.24, 2.45) is 10.9 Å². The number of aromatic amines is 1. The summed E-state index contributed by atoms with van der Waals surface area (Å²) < 4.78 is 0. The summed E-state index contributed by atoms with van der Waals surface area (Å²) in [7, 11) is 3.11. The van der Waals surface area contributed by atoms with Crippen LogP contribution in [0.2, 0.25) is 0 Å². The second-order valence-corrected chi connectivity index (χ2v) is 9.84. The Balaban J connectivity index is 1.68. The van der Waals surface area contributed by atoms with Crippen molar-refractivity contribution in [1.29, 1.82) is 10.5 Å². The molecule has 11 heteroatoms. The summed E-state index contributed by atoms with van der Waals surface area (Å²) in [5.74, 6) is -2.05. The molecular formula is C27H32N8O3. The number of nitriles is 2. The number of aliphatic imine (C=N–C) groups is 1. The number of para-hydroxylation sites is 1. The summed E-state index contributed by atoms with van der Waals surface area (Å²) >= 11 is 0. The molecule has 1 aromatic heterocycles. The van der Waals surface area contributed by atoms with Crippen LogP contribution in [0.5, 0.6) is 0 Å². The summed E-state index contributed by atoms with van der Waals surface area (Å²) in [6.45, 7) is 1.89. The average Bonchev–Trinajstić information content (AvgIpc) is 3.57. The third kappa shape index (κ3) is 5.62. The number of rotatable bonds is 6. The van der Waals surface area contributed by atoms with Crippen molar-refractivity contribution >= 4 is 40.1 Å². The molecule has 38 heavy (non-hydrogen) atoms. The molecule has 0 bridgehead atoms. The number of carbonyl (C=O) groups is 3. The highest BCUT2D eigenvalue weighted by molar-refractivity contribution is 6.14. The highest BCUT2D eigenvalue weighted by atomic mass is 16.2. The normalized spacial score (nSPS) is 19.0. The Morgan fingerprint density at radius 1 is 1.18 bits per heavy atom. The molecule has 2 aliphatic heterocycles. The van der Waals surface area contributed by atoms with Crippen LogP contribution >= 0.6 is 0 Å². The number of hydrogen-bond acceptors (Lipinski definition) is 6. The molecule has 3 heterocycles. The number of aromatic nitrogens is 1. The van der Waals surface area contributed by atoms with Crippen molar-refractivity contribution in [2.75, 3.05) is 45.6 Å². The Kier molecular flexibility index (Phi) is 8.27. The Bertz CT molecular complexity index is 1330. The van der Waals surface area contributed by atoms with E-state index in [2.05, 4.69) is 21.4 Å². The molecule has 2 saturated heterocycles. The van der Waals surface area contributed by atoms with Crippen molar-refractivity contribution in [3.63, 3.8) is 0 Å². The molecule has 0 aliphatic carbocycles. The van der Waals surface area contributed by atoms with Gasteiger partial charge in [0.15, 0.2) is 5.92 Å². The van der Waals surface area contributed by atoms with E-state index in [4.69, 9.17) is 0 Å². The number of amides is 3. The first-order valence-corrected chi connectivity index (χ1v) is 12.9. The van der Waals surface area contributed by atoms with Crippen LogP contribution in [-0.2, 0) is 14.4 Å². The minimum absolute atomic E-state index is 0.00460. The quantitative estimate of drug-likeness (QED) is 0.444.